The van der Waals surface area contributed by atoms with Crippen LogP contribution >= 0.6 is 0 Å². The van der Waals surface area contributed by atoms with E-state index in [1.807, 2.05) is 6.92 Å². The zero-order valence-corrected chi connectivity index (χ0v) is 11.8. The van der Waals surface area contributed by atoms with Crippen LogP contribution in [0.25, 0.3) is 0 Å². The molecule has 0 saturated heterocycles. The molecule has 1 aromatic carbocycles. The van der Waals surface area contributed by atoms with Gasteiger partial charge in [0.05, 0.1) is 19.5 Å². The summed E-state index contributed by atoms with van der Waals surface area (Å²) in [5, 5.41) is 13.7. The summed E-state index contributed by atoms with van der Waals surface area (Å²) in [6.45, 7) is 1.51. The van der Waals surface area contributed by atoms with Crippen molar-refractivity contribution in [2.24, 2.45) is 5.73 Å². The molecular weight excluding hydrogens is 274 g/mol. The van der Waals surface area contributed by atoms with Crippen molar-refractivity contribution in [2.75, 3.05) is 18.4 Å². The molecule has 1 rings (SSSR count). The Balaban J connectivity index is 2.52. The number of amides is 2. The van der Waals surface area contributed by atoms with Gasteiger partial charge in [0, 0.05) is 5.69 Å². The minimum Gasteiger partial charge on any atom is -0.481 e. The summed E-state index contributed by atoms with van der Waals surface area (Å²) in [6.07, 6.45) is 0.0524. The molecule has 0 aromatic heterocycles. The van der Waals surface area contributed by atoms with Crippen LogP contribution in [0.15, 0.2) is 24.3 Å². The predicted molar refractivity (Wildman–Crippen MR) is 77.8 cm³/mol. The van der Waals surface area contributed by atoms with E-state index < -0.39 is 11.9 Å². The number of nitrogens with two attached hydrogens (primary N) is 1. The fourth-order valence-corrected chi connectivity index (χ4v) is 1.73. The molecule has 7 nitrogen and oxygen atoms in total. The van der Waals surface area contributed by atoms with Gasteiger partial charge in [-0.25, -0.2) is 0 Å². The van der Waals surface area contributed by atoms with Crippen molar-refractivity contribution in [1.29, 1.82) is 0 Å². The zero-order chi connectivity index (χ0) is 15.8. The van der Waals surface area contributed by atoms with Gasteiger partial charge < -0.3 is 21.5 Å². The van der Waals surface area contributed by atoms with Gasteiger partial charge >= 0.3 is 5.97 Å². The molecule has 0 aliphatic heterocycles. The summed E-state index contributed by atoms with van der Waals surface area (Å²) in [5.41, 5.74) is 6.56. The van der Waals surface area contributed by atoms with Crippen molar-refractivity contribution in [2.45, 2.75) is 19.3 Å². The molecule has 1 unspecified atom stereocenters. The van der Waals surface area contributed by atoms with Crippen molar-refractivity contribution >= 4 is 23.5 Å². The highest BCUT2D eigenvalue weighted by molar-refractivity contribution is 5.94. The zero-order valence-electron chi connectivity index (χ0n) is 11.8. The van der Waals surface area contributed by atoms with E-state index in [4.69, 9.17) is 10.8 Å². The molecule has 21 heavy (non-hydrogen) atoms. The normalized spacial score (nSPS) is 11.5. The van der Waals surface area contributed by atoms with Crippen molar-refractivity contribution in [3.63, 3.8) is 0 Å². The van der Waals surface area contributed by atoms with E-state index in [2.05, 4.69) is 10.6 Å². The van der Waals surface area contributed by atoms with Crippen LogP contribution in [0.2, 0.25) is 0 Å². The number of rotatable bonds is 7. The summed E-state index contributed by atoms with van der Waals surface area (Å²) in [7, 11) is 0. The Morgan fingerprint density at radius 3 is 2.33 bits per heavy atom. The molecule has 0 fully saturated rings. The highest BCUT2D eigenvalue weighted by Crippen LogP contribution is 2.20. The maximum atomic E-state index is 11.6. The molecular formula is C14H19N3O4. The van der Waals surface area contributed by atoms with E-state index in [0.717, 1.165) is 5.56 Å². The second-order valence-electron chi connectivity index (χ2n) is 4.65. The van der Waals surface area contributed by atoms with Gasteiger partial charge in [-0.1, -0.05) is 19.1 Å². The largest absolute Gasteiger partial charge is 0.481 e. The summed E-state index contributed by atoms with van der Waals surface area (Å²) in [5.74, 6) is -1.71. The van der Waals surface area contributed by atoms with Crippen molar-refractivity contribution in [3.8, 4) is 0 Å². The van der Waals surface area contributed by atoms with E-state index in [0.29, 0.717) is 5.69 Å². The third-order valence-electron chi connectivity index (χ3n) is 2.88. The van der Waals surface area contributed by atoms with Gasteiger partial charge in [0.1, 0.15) is 0 Å². The molecule has 0 heterocycles. The second-order valence-corrected chi connectivity index (χ2v) is 4.65. The molecule has 1 atom stereocenters. The molecule has 7 heteroatoms. The van der Waals surface area contributed by atoms with Crippen LogP contribution in [0.4, 0.5) is 5.69 Å². The Morgan fingerprint density at radius 2 is 1.81 bits per heavy atom. The van der Waals surface area contributed by atoms with Gasteiger partial charge in [-0.15, -0.1) is 0 Å². The Morgan fingerprint density at radius 1 is 1.19 bits per heavy atom. The highest BCUT2D eigenvalue weighted by atomic mass is 16.4. The second kappa shape index (κ2) is 8.01. The summed E-state index contributed by atoms with van der Waals surface area (Å²) < 4.78 is 0. The van der Waals surface area contributed by atoms with Crippen LogP contribution in [0.3, 0.4) is 0 Å². The molecule has 1 aromatic rings. The molecule has 0 bridgehead atoms. The first-order valence-electron chi connectivity index (χ1n) is 6.50. The average molecular weight is 293 g/mol. The average Bonchev–Trinajstić information content (AvgIpc) is 2.44. The fraction of sp³-hybridized carbons (Fsp3) is 0.357. The first-order chi connectivity index (χ1) is 9.92. The first-order valence-corrected chi connectivity index (χ1v) is 6.50. The monoisotopic (exact) mass is 293 g/mol. The maximum Gasteiger partial charge on any atom is 0.303 e. The van der Waals surface area contributed by atoms with E-state index in [-0.39, 0.29) is 31.3 Å². The molecule has 0 radical (unpaired) electrons. The molecule has 0 saturated carbocycles. The molecule has 0 aliphatic rings. The van der Waals surface area contributed by atoms with Crippen LogP contribution in [0.1, 0.15) is 24.8 Å². The van der Waals surface area contributed by atoms with E-state index >= 15 is 0 Å². The van der Waals surface area contributed by atoms with Crippen LogP contribution in [-0.2, 0) is 14.4 Å². The SMILES string of the molecule is CC(CC(=O)O)c1ccc(NC(=O)CNC(=O)CN)cc1. The van der Waals surface area contributed by atoms with Gasteiger partial charge in [-0.2, -0.15) is 0 Å². The molecule has 0 spiro atoms. The number of carbonyl (C=O) groups excluding carboxylic acids is 2. The Bertz CT molecular complexity index is 513. The lowest BCUT2D eigenvalue weighted by molar-refractivity contribution is -0.137. The van der Waals surface area contributed by atoms with Crippen molar-refractivity contribution in [1.82, 2.24) is 5.32 Å². The van der Waals surface area contributed by atoms with Gasteiger partial charge in [-0.3, -0.25) is 14.4 Å². The molecule has 5 N–H and O–H groups in total. The summed E-state index contributed by atoms with van der Waals surface area (Å²) in [6, 6.07) is 6.91. The van der Waals surface area contributed by atoms with Crippen LogP contribution in [-0.4, -0.2) is 36.0 Å². The number of benzene rings is 1. The van der Waals surface area contributed by atoms with Crippen LogP contribution in [0.5, 0.6) is 0 Å². The first kappa shape index (κ1) is 16.6. The smallest absolute Gasteiger partial charge is 0.303 e. The number of aliphatic carboxylic acids is 1. The van der Waals surface area contributed by atoms with Crippen molar-refractivity contribution < 1.29 is 19.5 Å². The molecule has 0 aliphatic carbocycles. The van der Waals surface area contributed by atoms with Gasteiger partial charge in [0.2, 0.25) is 11.8 Å². The maximum absolute atomic E-state index is 11.6. The number of hydrogen-bond donors (Lipinski definition) is 4. The molecule has 2 amide bonds. The third-order valence-corrected chi connectivity index (χ3v) is 2.88. The lowest BCUT2D eigenvalue weighted by Gasteiger charge is -2.11. The number of anilines is 1. The minimum absolute atomic E-state index is 0.0524. The van der Waals surface area contributed by atoms with Gasteiger partial charge in [-0.05, 0) is 23.6 Å². The number of nitrogens with one attached hydrogen (secondary N) is 2. The van der Waals surface area contributed by atoms with Gasteiger partial charge in [0.15, 0.2) is 0 Å². The summed E-state index contributed by atoms with van der Waals surface area (Å²) in [4.78, 5) is 33.1. The predicted octanol–water partition coefficient (Wildman–Crippen LogP) is 0.278. The standard InChI is InChI=1S/C14H19N3O4/c1-9(6-14(20)21)10-2-4-11(5-3-10)17-13(19)8-16-12(18)7-15/h2-5,9H,6-8,15H2,1H3,(H,16,18)(H,17,19)(H,20,21). The lowest BCUT2D eigenvalue weighted by atomic mass is 9.98. The van der Waals surface area contributed by atoms with Gasteiger partial charge in [0.25, 0.3) is 0 Å². The Labute approximate surface area is 122 Å². The van der Waals surface area contributed by atoms with Crippen LogP contribution < -0.4 is 16.4 Å². The lowest BCUT2D eigenvalue weighted by Crippen LogP contribution is -2.36. The topological polar surface area (TPSA) is 122 Å². The van der Waals surface area contributed by atoms with Crippen molar-refractivity contribution in [3.05, 3.63) is 29.8 Å². The van der Waals surface area contributed by atoms with E-state index in [9.17, 15) is 14.4 Å². The summed E-state index contributed by atoms with van der Waals surface area (Å²) >= 11 is 0. The number of carbonyl (C=O) groups is 3. The van der Waals surface area contributed by atoms with E-state index in [1.54, 1.807) is 24.3 Å². The third kappa shape index (κ3) is 6.05. The Hall–Kier alpha value is -2.41. The quantitative estimate of drug-likeness (QED) is 0.575. The molecule has 114 valence electrons. The highest BCUT2D eigenvalue weighted by Gasteiger charge is 2.10. The van der Waals surface area contributed by atoms with E-state index in [1.165, 1.54) is 0 Å². The number of carboxylic acid groups (broad SMARTS) is 1. The number of carboxylic acids is 1. The fourth-order valence-electron chi connectivity index (χ4n) is 1.73. The van der Waals surface area contributed by atoms with Crippen LogP contribution in [0, 0.1) is 0 Å². The minimum atomic E-state index is -0.851. The number of hydrogen-bond acceptors (Lipinski definition) is 4. The Kier molecular flexibility index (Phi) is 6.35.